The van der Waals surface area contributed by atoms with Crippen LogP contribution in [-0.2, 0) is 16.5 Å². The molecule has 0 saturated carbocycles. The Morgan fingerprint density at radius 2 is 1.59 bits per heavy atom. The third kappa shape index (κ3) is 5.59. The van der Waals surface area contributed by atoms with Crippen molar-refractivity contribution in [2.45, 2.75) is 11.3 Å². The third-order valence-electron chi connectivity index (χ3n) is 7.08. The van der Waals surface area contributed by atoms with Crippen molar-refractivity contribution in [1.82, 2.24) is 14.7 Å². The normalized spacial score (nSPS) is 25.9. The summed E-state index contributed by atoms with van der Waals surface area (Å²) in [5, 5.41) is 12.8. The van der Waals surface area contributed by atoms with Gasteiger partial charge in [0.25, 0.3) is 15.8 Å². The van der Waals surface area contributed by atoms with Crippen LogP contribution in [0.5, 0.6) is 5.75 Å². The van der Waals surface area contributed by atoms with E-state index in [1.165, 1.54) is 47.4 Å². The number of rotatable bonds is 6. The summed E-state index contributed by atoms with van der Waals surface area (Å²) in [5.41, 5.74) is 1.22. The fraction of sp³-hybridized carbons (Fsp3) is 0.360. The first-order valence-corrected chi connectivity index (χ1v) is 13.4. The van der Waals surface area contributed by atoms with E-state index < -0.39 is 15.0 Å². The Morgan fingerprint density at radius 1 is 0.973 bits per heavy atom. The van der Waals surface area contributed by atoms with Gasteiger partial charge in [0.2, 0.25) is 0 Å². The second kappa shape index (κ2) is 9.97. The Morgan fingerprint density at radius 3 is 2.14 bits per heavy atom. The number of non-ortho nitro benzene ring substituents is 1. The highest BCUT2D eigenvalue weighted by Crippen LogP contribution is 2.30. The van der Waals surface area contributed by atoms with E-state index >= 15 is 0 Å². The maximum absolute atomic E-state index is 10.5. The third-order valence-corrected chi connectivity index (χ3v) is 7.95. The van der Waals surface area contributed by atoms with Crippen LogP contribution in [0.3, 0.4) is 0 Å². The second-order valence-corrected chi connectivity index (χ2v) is 11.3. The van der Waals surface area contributed by atoms with Gasteiger partial charge in [0.15, 0.2) is 0 Å². The van der Waals surface area contributed by atoms with Gasteiger partial charge in [0.05, 0.1) is 43.5 Å². The molecule has 1 N–H and O–H groups in total. The molecule has 0 aromatic heterocycles. The SMILES string of the molecule is COc1ccc2cccc(CC[N+]34CN5CN(CN(C5)C3)C4)c2c1.O=[N+]([O-])c1ccc(S(=O)(=O)O)cc1. The summed E-state index contributed by atoms with van der Waals surface area (Å²) in [6.45, 7) is 8.30. The van der Waals surface area contributed by atoms with E-state index in [0.29, 0.717) is 0 Å². The summed E-state index contributed by atoms with van der Waals surface area (Å²) in [7, 11) is -2.52. The molecule has 4 saturated heterocycles. The summed E-state index contributed by atoms with van der Waals surface area (Å²) in [4.78, 5) is 16.9. The zero-order valence-corrected chi connectivity index (χ0v) is 21.4. The number of fused-ring (bicyclic) bond motifs is 1. The predicted octanol–water partition coefficient (Wildman–Crippen LogP) is 2.74. The van der Waals surface area contributed by atoms with Crippen molar-refractivity contribution in [2.75, 3.05) is 53.7 Å². The first-order chi connectivity index (χ1) is 17.6. The molecular weight excluding hydrogens is 498 g/mol. The molecule has 196 valence electrons. The van der Waals surface area contributed by atoms with E-state index in [9.17, 15) is 18.5 Å². The van der Waals surface area contributed by atoms with Gasteiger partial charge in [-0.15, -0.1) is 0 Å². The van der Waals surface area contributed by atoms with E-state index in [-0.39, 0.29) is 10.6 Å². The first kappa shape index (κ1) is 25.5. The maximum atomic E-state index is 10.5. The Labute approximate surface area is 215 Å². The fourth-order valence-electron chi connectivity index (χ4n) is 5.63. The maximum Gasteiger partial charge on any atom is 0.294 e. The van der Waals surface area contributed by atoms with Crippen molar-refractivity contribution in [1.29, 1.82) is 0 Å². The van der Waals surface area contributed by atoms with Gasteiger partial charge < -0.3 is 4.74 Å². The van der Waals surface area contributed by atoms with E-state index in [0.717, 1.165) is 56.4 Å². The number of nitrogens with zero attached hydrogens (tertiary/aromatic N) is 5. The minimum atomic E-state index is -4.27. The zero-order chi connectivity index (χ0) is 26.2. The zero-order valence-electron chi connectivity index (χ0n) is 20.6. The van der Waals surface area contributed by atoms with Crippen LogP contribution in [0.4, 0.5) is 5.69 Å². The first-order valence-electron chi connectivity index (χ1n) is 11.9. The minimum Gasteiger partial charge on any atom is -0.497 e. The molecule has 4 fully saturated rings. The van der Waals surface area contributed by atoms with E-state index in [1.54, 1.807) is 7.11 Å². The molecule has 0 atom stereocenters. The lowest BCUT2D eigenvalue weighted by Crippen LogP contribution is -2.79. The summed E-state index contributed by atoms with van der Waals surface area (Å²) < 4.78 is 36.1. The van der Waals surface area contributed by atoms with Crippen molar-refractivity contribution >= 4 is 26.6 Å². The summed E-state index contributed by atoms with van der Waals surface area (Å²) in [6, 6.07) is 17.0. The largest absolute Gasteiger partial charge is 0.497 e. The quantitative estimate of drug-likeness (QED) is 0.223. The van der Waals surface area contributed by atoms with E-state index in [1.807, 2.05) is 0 Å². The smallest absolute Gasteiger partial charge is 0.294 e. The van der Waals surface area contributed by atoms with Crippen LogP contribution in [0.2, 0.25) is 0 Å². The minimum absolute atomic E-state index is 0.229. The van der Waals surface area contributed by atoms with Gasteiger partial charge >= 0.3 is 0 Å². The second-order valence-electron chi connectivity index (χ2n) is 9.91. The standard InChI is InChI=1S/C19H25N4O.C6H5NO5S/c1-24-18-6-5-16-3-2-4-17(19(16)9-18)7-8-23-13-20-10-21(14-23)12-22(11-20)15-23;8-7(9)5-1-3-6(4-2-5)13(10,11)12/h2-6,9H,7-8,10-15H2,1H3;1-4H,(H,10,11,12)/q+1;. The van der Waals surface area contributed by atoms with Crippen LogP contribution in [-0.4, -0.2) is 90.7 Å². The number of hydrogen-bond acceptors (Lipinski definition) is 8. The average molecular weight is 529 g/mol. The molecule has 11 nitrogen and oxygen atoms in total. The molecule has 4 heterocycles. The van der Waals surface area contributed by atoms with Crippen molar-refractivity contribution in [3.05, 3.63) is 76.3 Å². The van der Waals surface area contributed by atoms with Crippen molar-refractivity contribution in [3.8, 4) is 5.75 Å². The van der Waals surface area contributed by atoms with Gasteiger partial charge in [-0.2, -0.15) is 8.42 Å². The van der Waals surface area contributed by atoms with Crippen LogP contribution in [0, 0.1) is 10.1 Å². The van der Waals surface area contributed by atoms with Gasteiger partial charge in [0.1, 0.15) is 25.8 Å². The van der Waals surface area contributed by atoms with Gasteiger partial charge in [-0.05, 0) is 40.6 Å². The summed E-state index contributed by atoms with van der Waals surface area (Å²) >= 11 is 0. The molecule has 4 bridgehead atoms. The molecule has 0 spiro atoms. The molecule has 0 amide bonds. The van der Waals surface area contributed by atoms with Gasteiger partial charge in [-0.25, -0.2) is 14.7 Å². The molecule has 7 rings (SSSR count). The van der Waals surface area contributed by atoms with Gasteiger partial charge in [-0.1, -0.05) is 24.3 Å². The topological polar surface area (TPSA) is 116 Å². The summed E-state index contributed by atoms with van der Waals surface area (Å²) in [5.74, 6) is 0.947. The lowest BCUT2D eigenvalue weighted by atomic mass is 10.0. The molecule has 3 aromatic rings. The lowest BCUT2D eigenvalue weighted by molar-refractivity contribution is -0.980. The van der Waals surface area contributed by atoms with Gasteiger partial charge in [0, 0.05) is 18.6 Å². The number of methoxy groups -OCH3 is 1. The van der Waals surface area contributed by atoms with Crippen molar-refractivity contribution in [3.63, 3.8) is 0 Å². The number of nitro groups is 1. The van der Waals surface area contributed by atoms with Crippen LogP contribution >= 0.6 is 0 Å². The Hall–Kier alpha value is -3.13. The molecule has 12 heteroatoms. The molecule has 0 unspecified atom stereocenters. The monoisotopic (exact) mass is 528 g/mol. The Balaban J connectivity index is 0.000000184. The Bertz CT molecular complexity index is 1380. The van der Waals surface area contributed by atoms with E-state index in [4.69, 9.17) is 9.29 Å². The average Bonchev–Trinajstić information content (AvgIpc) is 2.86. The lowest BCUT2D eigenvalue weighted by Gasteiger charge is -2.60. The van der Waals surface area contributed by atoms with Crippen molar-refractivity contribution in [2.24, 2.45) is 0 Å². The molecule has 4 aliphatic rings. The molecule has 0 aliphatic carbocycles. The van der Waals surface area contributed by atoms with Crippen LogP contribution in [0.1, 0.15) is 5.56 Å². The van der Waals surface area contributed by atoms with Crippen LogP contribution in [0.25, 0.3) is 10.8 Å². The molecule has 37 heavy (non-hydrogen) atoms. The predicted molar refractivity (Wildman–Crippen MR) is 137 cm³/mol. The molecule has 3 aromatic carbocycles. The highest BCUT2D eigenvalue weighted by Gasteiger charge is 2.48. The number of ether oxygens (including phenoxy) is 1. The van der Waals surface area contributed by atoms with Gasteiger partial charge in [-0.3, -0.25) is 19.2 Å². The van der Waals surface area contributed by atoms with Crippen LogP contribution in [0.15, 0.2) is 65.6 Å². The fourth-order valence-corrected chi connectivity index (χ4v) is 6.11. The Kier molecular flexibility index (Phi) is 6.88. The van der Waals surface area contributed by atoms with E-state index in [2.05, 4.69) is 51.1 Å². The number of nitro benzene ring substituents is 1. The molecular formula is C25H30N5O6S+. The van der Waals surface area contributed by atoms with Crippen molar-refractivity contribution < 1.29 is 27.1 Å². The number of quaternary nitrogens is 1. The van der Waals surface area contributed by atoms with Crippen LogP contribution < -0.4 is 4.74 Å². The molecule has 0 radical (unpaired) electrons. The molecule has 4 aliphatic heterocycles. The highest BCUT2D eigenvalue weighted by atomic mass is 32.2. The summed E-state index contributed by atoms with van der Waals surface area (Å²) in [6.07, 6.45) is 1.13. The number of hydrogen-bond donors (Lipinski definition) is 1. The highest BCUT2D eigenvalue weighted by molar-refractivity contribution is 7.85. The number of benzene rings is 3.